The van der Waals surface area contributed by atoms with E-state index in [-0.39, 0.29) is 5.69 Å². The van der Waals surface area contributed by atoms with Gasteiger partial charge in [0.15, 0.2) is 0 Å². The van der Waals surface area contributed by atoms with Gasteiger partial charge in [-0.1, -0.05) is 43.0 Å². The topological polar surface area (TPSA) is 56.0 Å². The van der Waals surface area contributed by atoms with Crippen molar-refractivity contribution in [1.82, 2.24) is 4.98 Å². The summed E-state index contributed by atoms with van der Waals surface area (Å²) in [5.41, 5.74) is 2.39. The zero-order chi connectivity index (χ0) is 15.4. The minimum atomic E-state index is -0.430. The molecule has 0 aliphatic carbocycles. The van der Waals surface area contributed by atoms with Crippen LogP contribution in [0.5, 0.6) is 0 Å². The third-order valence-electron chi connectivity index (χ3n) is 3.02. The van der Waals surface area contributed by atoms with E-state index in [9.17, 15) is 10.1 Å². The Morgan fingerprint density at radius 2 is 2.14 bits per heavy atom. The highest BCUT2D eigenvalue weighted by Crippen LogP contribution is 2.26. The molecule has 0 saturated carbocycles. The second kappa shape index (κ2) is 6.33. The Kier molecular flexibility index (Phi) is 4.50. The van der Waals surface area contributed by atoms with Crippen molar-refractivity contribution in [1.29, 1.82) is 0 Å². The SMILES string of the molecule is C=C/C=C(\C=C)Cc1cc2cc([N+](=O)[O-])ccc2nc1Cl. The van der Waals surface area contributed by atoms with Gasteiger partial charge >= 0.3 is 0 Å². The Hall–Kier alpha value is -2.46. The van der Waals surface area contributed by atoms with Crippen LogP contribution in [0, 0.1) is 10.1 Å². The lowest BCUT2D eigenvalue weighted by molar-refractivity contribution is -0.384. The molecule has 0 unspecified atom stereocenters. The first kappa shape index (κ1) is 14.9. The molecule has 0 spiro atoms. The van der Waals surface area contributed by atoms with Crippen molar-refractivity contribution in [3.8, 4) is 0 Å². The van der Waals surface area contributed by atoms with Crippen LogP contribution in [0.1, 0.15) is 5.56 Å². The number of aromatic nitrogens is 1. The number of nitrogens with zero attached hydrogens (tertiary/aromatic N) is 2. The number of fused-ring (bicyclic) bond motifs is 1. The largest absolute Gasteiger partial charge is 0.270 e. The van der Waals surface area contributed by atoms with Crippen molar-refractivity contribution < 1.29 is 4.92 Å². The molecule has 1 aromatic carbocycles. The summed E-state index contributed by atoms with van der Waals surface area (Å²) in [4.78, 5) is 14.7. The van der Waals surface area contributed by atoms with E-state index in [1.165, 1.54) is 12.1 Å². The van der Waals surface area contributed by atoms with Crippen LogP contribution < -0.4 is 0 Å². The van der Waals surface area contributed by atoms with Crippen molar-refractivity contribution in [3.05, 3.63) is 82.1 Å². The van der Waals surface area contributed by atoms with E-state index in [1.807, 2.05) is 12.1 Å². The third-order valence-corrected chi connectivity index (χ3v) is 3.35. The molecule has 0 radical (unpaired) electrons. The summed E-state index contributed by atoms with van der Waals surface area (Å²) < 4.78 is 0. The van der Waals surface area contributed by atoms with Crippen LogP contribution in [0.2, 0.25) is 5.15 Å². The number of allylic oxidation sites excluding steroid dienone is 4. The second-order valence-electron chi connectivity index (χ2n) is 4.43. The van der Waals surface area contributed by atoms with E-state index in [1.54, 1.807) is 18.2 Å². The molecule has 0 amide bonds. The fraction of sp³-hybridized carbons (Fsp3) is 0.0625. The Morgan fingerprint density at radius 3 is 2.76 bits per heavy atom. The molecule has 1 aromatic heterocycles. The number of benzene rings is 1. The van der Waals surface area contributed by atoms with Crippen LogP contribution in [0.15, 0.2) is 61.2 Å². The molecule has 0 saturated heterocycles. The second-order valence-corrected chi connectivity index (χ2v) is 4.79. The Balaban J connectivity index is 2.51. The smallest absolute Gasteiger partial charge is 0.258 e. The number of rotatable bonds is 5. The molecular formula is C16H13ClN2O2. The summed E-state index contributed by atoms with van der Waals surface area (Å²) in [6.45, 7) is 7.38. The molecule has 0 N–H and O–H groups in total. The summed E-state index contributed by atoms with van der Waals surface area (Å²) in [6, 6.07) is 6.32. The summed E-state index contributed by atoms with van der Waals surface area (Å²) in [6.07, 6.45) is 5.76. The number of hydrogen-bond donors (Lipinski definition) is 0. The fourth-order valence-electron chi connectivity index (χ4n) is 1.99. The maximum Gasteiger partial charge on any atom is 0.270 e. The molecule has 0 fully saturated rings. The first-order valence-corrected chi connectivity index (χ1v) is 6.60. The van der Waals surface area contributed by atoms with Gasteiger partial charge in [0.2, 0.25) is 0 Å². The van der Waals surface area contributed by atoms with E-state index < -0.39 is 4.92 Å². The van der Waals surface area contributed by atoms with Crippen LogP contribution in [0.25, 0.3) is 10.9 Å². The van der Waals surface area contributed by atoms with Crippen molar-refractivity contribution in [2.75, 3.05) is 0 Å². The van der Waals surface area contributed by atoms with Gasteiger partial charge in [-0.05, 0) is 23.3 Å². The van der Waals surface area contributed by atoms with E-state index in [2.05, 4.69) is 18.1 Å². The van der Waals surface area contributed by atoms with Crippen LogP contribution in [0.3, 0.4) is 0 Å². The molecule has 0 atom stereocenters. The summed E-state index contributed by atoms with van der Waals surface area (Å²) >= 11 is 6.17. The molecule has 2 rings (SSSR count). The Morgan fingerprint density at radius 1 is 1.38 bits per heavy atom. The predicted molar refractivity (Wildman–Crippen MR) is 85.6 cm³/mol. The van der Waals surface area contributed by atoms with Crippen molar-refractivity contribution >= 4 is 28.2 Å². The maximum atomic E-state index is 10.8. The summed E-state index contributed by atoms with van der Waals surface area (Å²) in [5, 5.41) is 11.9. The molecule has 0 aliphatic rings. The van der Waals surface area contributed by atoms with Gasteiger partial charge in [-0.2, -0.15) is 0 Å². The third kappa shape index (κ3) is 3.35. The van der Waals surface area contributed by atoms with Gasteiger partial charge in [0.05, 0.1) is 10.4 Å². The number of nitro benzene ring substituents is 1. The normalized spacial score (nSPS) is 11.4. The lowest BCUT2D eigenvalue weighted by Gasteiger charge is -2.07. The quantitative estimate of drug-likeness (QED) is 0.350. The number of non-ortho nitro benzene ring substituents is 1. The Labute approximate surface area is 127 Å². The fourth-order valence-corrected chi connectivity index (χ4v) is 2.20. The zero-order valence-corrected chi connectivity index (χ0v) is 12.0. The van der Waals surface area contributed by atoms with E-state index >= 15 is 0 Å². The first-order valence-electron chi connectivity index (χ1n) is 6.22. The molecule has 2 aromatic rings. The average Bonchev–Trinajstić information content (AvgIpc) is 2.46. The first-order chi connectivity index (χ1) is 10.0. The van der Waals surface area contributed by atoms with E-state index in [4.69, 9.17) is 11.6 Å². The monoisotopic (exact) mass is 300 g/mol. The number of hydrogen-bond acceptors (Lipinski definition) is 3. The van der Waals surface area contributed by atoms with Crippen molar-refractivity contribution in [2.24, 2.45) is 0 Å². The van der Waals surface area contributed by atoms with Gasteiger partial charge in [0.25, 0.3) is 5.69 Å². The Bertz CT molecular complexity index is 766. The minimum absolute atomic E-state index is 0.0307. The summed E-state index contributed by atoms with van der Waals surface area (Å²) in [7, 11) is 0. The van der Waals surface area contributed by atoms with Gasteiger partial charge < -0.3 is 0 Å². The van der Waals surface area contributed by atoms with Crippen LogP contribution in [0.4, 0.5) is 5.69 Å². The minimum Gasteiger partial charge on any atom is -0.258 e. The number of pyridine rings is 1. The van der Waals surface area contributed by atoms with E-state index in [0.717, 1.165) is 11.1 Å². The molecule has 21 heavy (non-hydrogen) atoms. The van der Waals surface area contributed by atoms with Crippen LogP contribution in [-0.4, -0.2) is 9.91 Å². The van der Waals surface area contributed by atoms with Crippen molar-refractivity contribution in [2.45, 2.75) is 6.42 Å². The maximum absolute atomic E-state index is 10.8. The van der Waals surface area contributed by atoms with E-state index in [0.29, 0.717) is 22.5 Å². The highest BCUT2D eigenvalue weighted by Gasteiger charge is 2.10. The zero-order valence-electron chi connectivity index (χ0n) is 11.3. The summed E-state index contributed by atoms with van der Waals surface area (Å²) in [5.74, 6) is 0. The van der Waals surface area contributed by atoms with Gasteiger partial charge in [-0.15, -0.1) is 0 Å². The van der Waals surface area contributed by atoms with Gasteiger partial charge in [0, 0.05) is 23.9 Å². The highest BCUT2D eigenvalue weighted by molar-refractivity contribution is 6.30. The van der Waals surface area contributed by atoms with Gasteiger partial charge in [0.1, 0.15) is 5.15 Å². The molecule has 0 bridgehead atoms. The predicted octanol–water partition coefficient (Wildman–Crippen LogP) is 4.64. The van der Waals surface area contributed by atoms with Crippen LogP contribution in [-0.2, 0) is 6.42 Å². The number of nitro groups is 1. The average molecular weight is 301 g/mol. The molecule has 0 aliphatic heterocycles. The van der Waals surface area contributed by atoms with Crippen molar-refractivity contribution in [3.63, 3.8) is 0 Å². The molecule has 5 heteroatoms. The molecule has 4 nitrogen and oxygen atoms in total. The number of halogens is 1. The lowest BCUT2D eigenvalue weighted by atomic mass is 10.0. The van der Waals surface area contributed by atoms with Gasteiger partial charge in [-0.3, -0.25) is 10.1 Å². The lowest BCUT2D eigenvalue weighted by Crippen LogP contribution is -1.94. The van der Waals surface area contributed by atoms with Gasteiger partial charge in [-0.25, -0.2) is 4.98 Å². The highest BCUT2D eigenvalue weighted by atomic mass is 35.5. The molecule has 1 heterocycles. The van der Waals surface area contributed by atoms with Crippen LogP contribution >= 0.6 is 11.6 Å². The molecular weight excluding hydrogens is 288 g/mol. The molecule has 106 valence electrons. The standard InChI is InChI=1S/C16H13ClN2O2/c1-3-5-11(4-2)8-13-9-12-10-14(19(20)21)6-7-15(12)18-16(13)17/h3-7,9-10H,1-2,8H2/b11-5+.